The van der Waals surface area contributed by atoms with Crippen LogP contribution in [0.25, 0.3) is 0 Å². The molecule has 0 bridgehead atoms. The minimum Gasteiger partial charge on any atom is -0.497 e. The van der Waals surface area contributed by atoms with Gasteiger partial charge in [-0.25, -0.2) is 0 Å². The average molecular weight is 297 g/mol. The summed E-state index contributed by atoms with van der Waals surface area (Å²) in [5.74, 6) is 1.39. The molecule has 22 heavy (non-hydrogen) atoms. The Labute approximate surface area is 130 Å². The van der Waals surface area contributed by atoms with E-state index in [1.165, 1.54) is 0 Å². The summed E-state index contributed by atoms with van der Waals surface area (Å²) in [4.78, 5) is 12.1. The smallest absolute Gasteiger partial charge is 0.251 e. The number of rotatable bonds is 7. The topological polar surface area (TPSA) is 47.6 Å². The van der Waals surface area contributed by atoms with Gasteiger partial charge in [-0.05, 0) is 42.0 Å². The standard InChI is InChI=1S/C18H19NO3/c1-3-12-22-17-10-6-15(7-11-17)18(20)19-13-14-4-8-16(21-2)9-5-14/h3-11H,1,12-13H2,2H3,(H,19,20). The molecule has 0 saturated carbocycles. The van der Waals surface area contributed by atoms with Crippen LogP contribution in [0.5, 0.6) is 11.5 Å². The highest BCUT2D eigenvalue weighted by Gasteiger charge is 2.05. The number of benzene rings is 2. The van der Waals surface area contributed by atoms with Crippen LogP contribution in [-0.2, 0) is 6.54 Å². The van der Waals surface area contributed by atoms with Gasteiger partial charge in [-0.3, -0.25) is 4.79 Å². The maximum Gasteiger partial charge on any atom is 0.251 e. The summed E-state index contributed by atoms with van der Waals surface area (Å²) in [5.41, 5.74) is 1.61. The number of carbonyl (C=O) groups excluding carboxylic acids is 1. The molecule has 114 valence electrons. The fraction of sp³-hybridized carbons (Fsp3) is 0.167. The third-order valence-corrected chi connectivity index (χ3v) is 3.10. The summed E-state index contributed by atoms with van der Waals surface area (Å²) >= 11 is 0. The van der Waals surface area contributed by atoms with Crippen molar-refractivity contribution in [2.24, 2.45) is 0 Å². The van der Waals surface area contributed by atoms with E-state index in [1.54, 1.807) is 37.5 Å². The third-order valence-electron chi connectivity index (χ3n) is 3.10. The summed E-state index contributed by atoms with van der Waals surface area (Å²) in [6, 6.07) is 14.6. The fourth-order valence-corrected chi connectivity index (χ4v) is 1.89. The summed E-state index contributed by atoms with van der Waals surface area (Å²) in [6.45, 7) is 4.51. The van der Waals surface area contributed by atoms with Crippen LogP contribution in [0.2, 0.25) is 0 Å². The molecule has 1 amide bonds. The van der Waals surface area contributed by atoms with Crippen LogP contribution in [-0.4, -0.2) is 19.6 Å². The van der Waals surface area contributed by atoms with Crippen molar-refractivity contribution in [3.63, 3.8) is 0 Å². The molecule has 0 heterocycles. The first-order chi connectivity index (χ1) is 10.7. The highest BCUT2D eigenvalue weighted by atomic mass is 16.5. The first kappa shape index (κ1) is 15.6. The fourth-order valence-electron chi connectivity index (χ4n) is 1.89. The lowest BCUT2D eigenvalue weighted by Gasteiger charge is -2.07. The van der Waals surface area contributed by atoms with Gasteiger partial charge in [-0.2, -0.15) is 0 Å². The maximum absolute atomic E-state index is 12.1. The SMILES string of the molecule is C=CCOc1ccc(C(=O)NCc2ccc(OC)cc2)cc1. The molecule has 0 aliphatic rings. The highest BCUT2D eigenvalue weighted by Crippen LogP contribution is 2.13. The first-order valence-electron chi connectivity index (χ1n) is 6.98. The quantitative estimate of drug-likeness (QED) is 0.798. The molecule has 0 atom stereocenters. The third kappa shape index (κ3) is 4.38. The summed E-state index contributed by atoms with van der Waals surface area (Å²) in [7, 11) is 1.62. The highest BCUT2D eigenvalue weighted by molar-refractivity contribution is 5.94. The molecule has 0 unspecified atom stereocenters. The van der Waals surface area contributed by atoms with Crippen molar-refractivity contribution in [1.82, 2.24) is 5.32 Å². The largest absolute Gasteiger partial charge is 0.497 e. The van der Waals surface area contributed by atoms with Crippen molar-refractivity contribution in [2.45, 2.75) is 6.54 Å². The van der Waals surface area contributed by atoms with Gasteiger partial charge in [-0.1, -0.05) is 24.8 Å². The number of amides is 1. The second-order valence-corrected chi connectivity index (χ2v) is 4.65. The number of hydrogen-bond acceptors (Lipinski definition) is 3. The van der Waals surface area contributed by atoms with E-state index >= 15 is 0 Å². The van der Waals surface area contributed by atoms with Gasteiger partial charge in [0.15, 0.2) is 0 Å². The lowest BCUT2D eigenvalue weighted by Crippen LogP contribution is -2.22. The van der Waals surface area contributed by atoms with Gasteiger partial charge >= 0.3 is 0 Å². The molecule has 4 nitrogen and oxygen atoms in total. The number of methoxy groups -OCH3 is 1. The molecule has 0 aliphatic heterocycles. The minimum atomic E-state index is -0.119. The molecule has 0 radical (unpaired) electrons. The van der Waals surface area contributed by atoms with E-state index in [1.807, 2.05) is 24.3 Å². The van der Waals surface area contributed by atoms with Crippen molar-refractivity contribution < 1.29 is 14.3 Å². The molecule has 1 N–H and O–H groups in total. The lowest BCUT2D eigenvalue weighted by atomic mass is 10.2. The predicted molar refractivity (Wildman–Crippen MR) is 86.3 cm³/mol. The van der Waals surface area contributed by atoms with E-state index in [2.05, 4.69) is 11.9 Å². The zero-order chi connectivity index (χ0) is 15.8. The number of ether oxygens (including phenoxy) is 2. The number of nitrogens with one attached hydrogen (secondary N) is 1. The molecule has 2 aromatic rings. The Morgan fingerprint density at radius 3 is 2.32 bits per heavy atom. The zero-order valence-electron chi connectivity index (χ0n) is 12.5. The molecule has 2 rings (SSSR count). The second-order valence-electron chi connectivity index (χ2n) is 4.65. The Kier molecular flexibility index (Phi) is 5.60. The molecule has 2 aromatic carbocycles. The number of carbonyl (C=O) groups is 1. The Balaban J connectivity index is 1.89. The van der Waals surface area contributed by atoms with Gasteiger partial charge < -0.3 is 14.8 Å². The van der Waals surface area contributed by atoms with Crippen LogP contribution in [0.4, 0.5) is 0 Å². The van der Waals surface area contributed by atoms with Gasteiger partial charge in [0.2, 0.25) is 0 Å². The Hall–Kier alpha value is -2.75. The first-order valence-corrected chi connectivity index (χ1v) is 6.98. The van der Waals surface area contributed by atoms with Crippen molar-refractivity contribution in [1.29, 1.82) is 0 Å². The molecule has 4 heteroatoms. The molecule has 0 aromatic heterocycles. The van der Waals surface area contributed by atoms with Crippen molar-refractivity contribution in [2.75, 3.05) is 13.7 Å². The molecule has 0 saturated heterocycles. The van der Waals surface area contributed by atoms with E-state index in [0.29, 0.717) is 24.5 Å². The van der Waals surface area contributed by atoms with E-state index in [-0.39, 0.29) is 5.91 Å². The van der Waals surface area contributed by atoms with Gasteiger partial charge in [0.1, 0.15) is 18.1 Å². The lowest BCUT2D eigenvalue weighted by molar-refractivity contribution is 0.0951. The summed E-state index contributed by atoms with van der Waals surface area (Å²) in [5, 5.41) is 2.88. The minimum absolute atomic E-state index is 0.119. The number of hydrogen-bond donors (Lipinski definition) is 1. The van der Waals surface area contributed by atoms with Crippen molar-refractivity contribution in [3.05, 3.63) is 72.3 Å². The maximum atomic E-state index is 12.1. The zero-order valence-corrected chi connectivity index (χ0v) is 12.5. The average Bonchev–Trinajstić information content (AvgIpc) is 2.58. The van der Waals surface area contributed by atoms with E-state index < -0.39 is 0 Å². The van der Waals surface area contributed by atoms with Gasteiger partial charge in [0, 0.05) is 12.1 Å². The Bertz CT molecular complexity index is 618. The molecular formula is C18H19NO3. The normalized spacial score (nSPS) is 9.86. The van der Waals surface area contributed by atoms with Crippen LogP contribution in [0.1, 0.15) is 15.9 Å². The van der Waals surface area contributed by atoms with E-state index in [4.69, 9.17) is 9.47 Å². The Morgan fingerprint density at radius 2 is 1.73 bits per heavy atom. The molecular weight excluding hydrogens is 278 g/mol. The van der Waals surface area contributed by atoms with Gasteiger partial charge in [0.05, 0.1) is 7.11 Å². The van der Waals surface area contributed by atoms with Crippen LogP contribution in [0, 0.1) is 0 Å². The molecule has 0 spiro atoms. The molecule has 0 aliphatic carbocycles. The summed E-state index contributed by atoms with van der Waals surface area (Å²) in [6.07, 6.45) is 1.68. The van der Waals surface area contributed by atoms with Crippen molar-refractivity contribution >= 4 is 5.91 Å². The van der Waals surface area contributed by atoms with E-state index in [9.17, 15) is 4.79 Å². The van der Waals surface area contributed by atoms with Crippen LogP contribution in [0.15, 0.2) is 61.2 Å². The van der Waals surface area contributed by atoms with Gasteiger partial charge in [0.25, 0.3) is 5.91 Å². The van der Waals surface area contributed by atoms with Crippen LogP contribution in [0.3, 0.4) is 0 Å². The monoisotopic (exact) mass is 297 g/mol. The van der Waals surface area contributed by atoms with Gasteiger partial charge in [-0.15, -0.1) is 0 Å². The van der Waals surface area contributed by atoms with Crippen LogP contribution >= 0.6 is 0 Å². The van der Waals surface area contributed by atoms with E-state index in [0.717, 1.165) is 11.3 Å². The predicted octanol–water partition coefficient (Wildman–Crippen LogP) is 3.19. The van der Waals surface area contributed by atoms with Crippen molar-refractivity contribution in [3.8, 4) is 11.5 Å². The summed E-state index contributed by atoms with van der Waals surface area (Å²) < 4.78 is 10.5. The Morgan fingerprint density at radius 1 is 1.09 bits per heavy atom. The molecule has 0 fully saturated rings. The van der Waals surface area contributed by atoms with Crippen LogP contribution < -0.4 is 14.8 Å². The second kappa shape index (κ2) is 7.88.